The van der Waals surface area contributed by atoms with Crippen molar-refractivity contribution >= 4 is 39.2 Å². The van der Waals surface area contributed by atoms with E-state index in [2.05, 4.69) is 10.2 Å². The van der Waals surface area contributed by atoms with Gasteiger partial charge in [0.1, 0.15) is 12.4 Å². The average Bonchev–Trinajstić information content (AvgIpc) is 2.64. The molecule has 0 radical (unpaired) electrons. The fourth-order valence-electron chi connectivity index (χ4n) is 2.48. The Bertz CT molecular complexity index is 941. The first-order valence-corrected chi connectivity index (χ1v) is 7.94. The Morgan fingerprint density at radius 2 is 1.80 bits per heavy atom. The third kappa shape index (κ3) is 4.14. The minimum absolute atomic E-state index is 0.0944. The van der Waals surface area contributed by atoms with Crippen molar-refractivity contribution in [2.24, 2.45) is 10.2 Å². The molecule has 0 spiro atoms. The number of ether oxygens (including phenoxy) is 2. The molecule has 0 saturated carbocycles. The largest absolute Gasteiger partial charge is 0.496 e. The smallest absolute Gasteiger partial charge is 0.404 e. The molecule has 3 rings (SSSR count). The van der Waals surface area contributed by atoms with Gasteiger partial charge in [-0.2, -0.15) is 5.11 Å². The zero-order valence-electron chi connectivity index (χ0n) is 13.5. The molecular weight excluding hydrogens is 340 g/mol. The van der Waals surface area contributed by atoms with E-state index in [1.807, 2.05) is 54.6 Å². The Hall–Kier alpha value is -2.92. The first-order valence-electron chi connectivity index (χ1n) is 7.56. The number of rotatable bonds is 5. The van der Waals surface area contributed by atoms with E-state index in [9.17, 15) is 4.79 Å². The molecule has 0 atom stereocenters. The summed E-state index contributed by atoms with van der Waals surface area (Å²) in [6.45, 7) is 0.0944. The van der Waals surface area contributed by atoms with Crippen molar-refractivity contribution in [3.05, 3.63) is 66.2 Å². The van der Waals surface area contributed by atoms with Gasteiger partial charge in [-0.15, -0.1) is 5.11 Å². The van der Waals surface area contributed by atoms with Gasteiger partial charge in [0.05, 0.1) is 18.5 Å². The summed E-state index contributed by atoms with van der Waals surface area (Å²) in [6, 6.07) is 18.8. The summed E-state index contributed by atoms with van der Waals surface area (Å²) in [7, 11) is 1.64. The van der Waals surface area contributed by atoms with Gasteiger partial charge in [-0.1, -0.05) is 36.4 Å². The van der Waals surface area contributed by atoms with Gasteiger partial charge in [0, 0.05) is 22.4 Å². The third-order valence-electron chi connectivity index (χ3n) is 3.62. The second-order valence-electron chi connectivity index (χ2n) is 5.23. The first-order chi connectivity index (χ1) is 12.2. The monoisotopic (exact) mass is 354 g/mol. The van der Waals surface area contributed by atoms with E-state index in [4.69, 9.17) is 21.1 Å². The molecule has 0 amide bonds. The summed E-state index contributed by atoms with van der Waals surface area (Å²) >= 11 is 5.18. The minimum Gasteiger partial charge on any atom is -0.496 e. The van der Waals surface area contributed by atoms with Gasteiger partial charge in [0.2, 0.25) is 0 Å². The van der Waals surface area contributed by atoms with Gasteiger partial charge in [-0.05, 0) is 29.8 Å². The van der Waals surface area contributed by atoms with Crippen LogP contribution in [0.5, 0.6) is 5.75 Å². The Morgan fingerprint density at radius 1 is 1.00 bits per heavy atom. The number of hydrogen-bond donors (Lipinski definition) is 0. The average molecular weight is 355 g/mol. The molecule has 0 unspecified atom stereocenters. The van der Waals surface area contributed by atoms with E-state index >= 15 is 0 Å². The summed E-state index contributed by atoms with van der Waals surface area (Å²) in [5.74, 6) is 0.791. The van der Waals surface area contributed by atoms with Gasteiger partial charge >= 0.3 is 5.43 Å². The van der Waals surface area contributed by atoms with Gasteiger partial charge in [-0.25, -0.2) is 4.79 Å². The van der Waals surface area contributed by atoms with Crippen molar-refractivity contribution in [2.75, 3.05) is 7.11 Å². The second kappa shape index (κ2) is 7.77. The minimum atomic E-state index is -0.836. The predicted octanol–water partition coefficient (Wildman–Crippen LogP) is 6.14. The molecule has 0 aliphatic rings. The number of carbonyl (C=O) groups excluding carboxylic acids is 1. The summed E-state index contributed by atoms with van der Waals surface area (Å²) < 4.78 is 10.2. The maximum absolute atomic E-state index is 10.7. The topological polar surface area (TPSA) is 60.3 Å². The molecule has 0 N–H and O–H groups in total. The molecule has 3 aromatic rings. The van der Waals surface area contributed by atoms with Crippen LogP contribution in [-0.4, -0.2) is 12.5 Å². The van der Waals surface area contributed by atoms with Crippen LogP contribution >= 0.6 is 11.6 Å². The predicted molar refractivity (Wildman–Crippen MR) is 97.2 cm³/mol. The van der Waals surface area contributed by atoms with Crippen LogP contribution in [0.3, 0.4) is 0 Å². The molecule has 0 aliphatic heterocycles. The summed E-state index contributed by atoms with van der Waals surface area (Å²) in [5.41, 5.74) is 1.35. The van der Waals surface area contributed by atoms with Crippen molar-refractivity contribution < 1.29 is 14.3 Å². The standard InChI is InChI=1S/C19H15ClN2O3/c1-24-18-10-9-17(15-7-2-3-8-16(15)18)22-21-14-6-4-5-13(11-14)12-25-19(20)23/h2-11H,12H2,1H3. The van der Waals surface area contributed by atoms with Crippen LogP contribution in [0.1, 0.15) is 5.56 Å². The van der Waals surface area contributed by atoms with E-state index in [1.165, 1.54) is 0 Å². The highest BCUT2D eigenvalue weighted by Crippen LogP contribution is 2.33. The van der Waals surface area contributed by atoms with Gasteiger partial charge in [0.15, 0.2) is 0 Å². The van der Waals surface area contributed by atoms with E-state index in [-0.39, 0.29) is 6.61 Å². The van der Waals surface area contributed by atoms with Gasteiger partial charge in [0.25, 0.3) is 0 Å². The fraction of sp³-hybridized carbons (Fsp3) is 0.105. The van der Waals surface area contributed by atoms with E-state index < -0.39 is 5.43 Å². The molecule has 0 aliphatic carbocycles. The molecule has 0 aromatic heterocycles. The number of methoxy groups -OCH3 is 1. The SMILES string of the molecule is COc1ccc(N=Nc2cccc(COC(=O)Cl)c2)c2ccccc12. The molecule has 0 saturated heterocycles. The molecule has 5 nitrogen and oxygen atoms in total. The molecule has 25 heavy (non-hydrogen) atoms. The molecule has 6 heteroatoms. The summed E-state index contributed by atoms with van der Waals surface area (Å²) in [6.07, 6.45) is 0. The van der Waals surface area contributed by atoms with Gasteiger partial charge in [-0.3, -0.25) is 0 Å². The van der Waals surface area contributed by atoms with Crippen LogP contribution in [0.15, 0.2) is 70.9 Å². The summed E-state index contributed by atoms with van der Waals surface area (Å²) in [5, 5.41) is 10.6. The van der Waals surface area contributed by atoms with E-state index in [0.717, 1.165) is 27.8 Å². The molecule has 0 fully saturated rings. The van der Waals surface area contributed by atoms with Crippen LogP contribution < -0.4 is 4.74 Å². The first kappa shape index (κ1) is 16.9. The second-order valence-corrected chi connectivity index (χ2v) is 5.54. The number of nitrogens with zero attached hydrogens (tertiary/aromatic N) is 2. The molecule has 0 bridgehead atoms. The lowest BCUT2D eigenvalue weighted by atomic mass is 10.1. The van der Waals surface area contributed by atoms with Crippen LogP contribution in [0.4, 0.5) is 16.2 Å². The number of azo groups is 1. The Labute approximate surface area is 149 Å². The molecule has 126 valence electrons. The Morgan fingerprint density at radius 3 is 2.56 bits per heavy atom. The fourth-order valence-corrected chi connectivity index (χ4v) is 2.54. The lowest BCUT2D eigenvalue weighted by Gasteiger charge is -2.07. The number of carbonyl (C=O) groups is 1. The van der Waals surface area contributed by atoms with Crippen LogP contribution in [0.2, 0.25) is 0 Å². The zero-order valence-corrected chi connectivity index (χ0v) is 14.2. The maximum Gasteiger partial charge on any atom is 0.404 e. The van der Waals surface area contributed by atoms with Crippen molar-refractivity contribution in [3.8, 4) is 5.75 Å². The van der Waals surface area contributed by atoms with Crippen molar-refractivity contribution in [2.45, 2.75) is 6.61 Å². The number of fused-ring (bicyclic) bond motifs is 1. The van der Waals surface area contributed by atoms with Crippen molar-refractivity contribution in [1.82, 2.24) is 0 Å². The number of hydrogen-bond acceptors (Lipinski definition) is 5. The van der Waals surface area contributed by atoms with Crippen LogP contribution in [0, 0.1) is 0 Å². The lowest BCUT2D eigenvalue weighted by molar-refractivity contribution is 0.167. The molecule has 3 aromatic carbocycles. The molecule has 0 heterocycles. The van der Waals surface area contributed by atoms with Crippen LogP contribution in [0.25, 0.3) is 10.8 Å². The highest BCUT2D eigenvalue weighted by Gasteiger charge is 2.05. The van der Waals surface area contributed by atoms with Gasteiger partial charge < -0.3 is 9.47 Å². The Balaban J connectivity index is 1.89. The third-order valence-corrected chi connectivity index (χ3v) is 3.73. The summed E-state index contributed by atoms with van der Waals surface area (Å²) in [4.78, 5) is 10.7. The quantitative estimate of drug-likeness (QED) is 0.408. The number of benzene rings is 3. The highest BCUT2D eigenvalue weighted by molar-refractivity contribution is 6.61. The van der Waals surface area contributed by atoms with E-state index in [0.29, 0.717) is 5.69 Å². The van der Waals surface area contributed by atoms with Crippen LogP contribution in [-0.2, 0) is 11.3 Å². The zero-order chi connectivity index (χ0) is 17.6. The highest BCUT2D eigenvalue weighted by atomic mass is 35.5. The maximum atomic E-state index is 10.7. The normalized spacial score (nSPS) is 11.0. The van der Waals surface area contributed by atoms with E-state index in [1.54, 1.807) is 13.2 Å². The van der Waals surface area contributed by atoms with Crippen molar-refractivity contribution in [3.63, 3.8) is 0 Å². The Kier molecular flexibility index (Phi) is 5.26. The molecular formula is C19H15ClN2O3. The number of halogens is 1. The van der Waals surface area contributed by atoms with Crippen molar-refractivity contribution in [1.29, 1.82) is 0 Å². The lowest BCUT2D eigenvalue weighted by Crippen LogP contribution is -1.93.